The van der Waals surface area contributed by atoms with Crippen LogP contribution in [0, 0.1) is 5.82 Å². The van der Waals surface area contributed by atoms with E-state index in [2.05, 4.69) is 15.9 Å². The van der Waals surface area contributed by atoms with Crippen LogP contribution in [0.5, 0.6) is 0 Å². The van der Waals surface area contributed by atoms with Gasteiger partial charge >= 0.3 is 6.18 Å². The molecule has 0 aliphatic rings. The van der Waals surface area contributed by atoms with E-state index in [-0.39, 0.29) is 15.2 Å². The Morgan fingerprint density at radius 3 is 2.40 bits per heavy atom. The molecular weight excluding hydrogens is 390 g/mol. The maximum Gasteiger partial charge on any atom is 0.389 e. The molecule has 0 heterocycles. The number of alkyl halides is 3. The molecule has 0 aliphatic heterocycles. The lowest BCUT2D eigenvalue weighted by atomic mass is 10.3. The van der Waals surface area contributed by atoms with E-state index in [0.717, 1.165) is 12.1 Å². The molecule has 1 aromatic rings. The third kappa shape index (κ3) is 5.84. The van der Waals surface area contributed by atoms with Crippen molar-refractivity contribution in [1.29, 1.82) is 0 Å². The smallest absolute Gasteiger partial charge is 0.281 e. The van der Waals surface area contributed by atoms with Crippen molar-refractivity contribution in [1.82, 2.24) is 0 Å². The number of hydrogen-bond donors (Lipinski definition) is 1. The lowest BCUT2D eigenvalue weighted by Crippen LogP contribution is -2.19. The maximum absolute atomic E-state index is 13.0. The van der Waals surface area contributed by atoms with Gasteiger partial charge in [-0.2, -0.15) is 13.2 Å². The highest BCUT2D eigenvalue weighted by Crippen LogP contribution is 2.32. The van der Waals surface area contributed by atoms with Gasteiger partial charge in [0.2, 0.25) is 10.0 Å². The van der Waals surface area contributed by atoms with Crippen LogP contribution < -0.4 is 4.72 Å². The van der Waals surface area contributed by atoms with E-state index in [1.807, 2.05) is 4.72 Å². The molecule has 0 saturated heterocycles. The van der Waals surface area contributed by atoms with Crippen molar-refractivity contribution in [3.05, 3.63) is 27.4 Å². The molecule has 0 saturated carbocycles. The van der Waals surface area contributed by atoms with E-state index in [9.17, 15) is 26.0 Å². The number of nitrogens with one attached hydrogen (secondary N) is 1. The van der Waals surface area contributed by atoms with Gasteiger partial charge in [0.05, 0.1) is 16.5 Å². The summed E-state index contributed by atoms with van der Waals surface area (Å²) in [7, 11) is -4.00. The Kier molecular flexibility index (Phi) is 5.68. The van der Waals surface area contributed by atoms with Gasteiger partial charge in [-0.05, 0) is 34.5 Å². The summed E-state index contributed by atoms with van der Waals surface area (Å²) in [5, 5.41) is -0.198. The number of hydrogen-bond acceptors (Lipinski definition) is 2. The van der Waals surface area contributed by atoms with Crippen LogP contribution in [-0.4, -0.2) is 20.3 Å². The third-order valence-corrected chi connectivity index (χ3v) is 4.40. The van der Waals surface area contributed by atoms with E-state index in [0.29, 0.717) is 0 Å². The van der Waals surface area contributed by atoms with Gasteiger partial charge in [0.25, 0.3) is 0 Å². The highest BCUT2D eigenvalue weighted by Gasteiger charge is 2.27. The van der Waals surface area contributed by atoms with Gasteiger partial charge in [-0.25, -0.2) is 12.8 Å². The number of anilines is 1. The molecule has 1 N–H and O–H groups in total. The van der Waals surface area contributed by atoms with E-state index < -0.39 is 40.6 Å². The quantitative estimate of drug-likeness (QED) is 0.751. The molecule has 20 heavy (non-hydrogen) atoms. The van der Waals surface area contributed by atoms with Gasteiger partial charge < -0.3 is 0 Å². The molecule has 0 atom stereocenters. The molecule has 1 rings (SSSR count). The topological polar surface area (TPSA) is 46.2 Å². The molecule has 10 heteroatoms. The van der Waals surface area contributed by atoms with Crippen molar-refractivity contribution < 1.29 is 26.0 Å². The minimum atomic E-state index is -4.41. The molecule has 0 radical (unpaired) electrons. The first-order chi connectivity index (χ1) is 9.00. The van der Waals surface area contributed by atoms with Gasteiger partial charge in [-0.15, -0.1) is 0 Å². The third-order valence-electron chi connectivity index (χ3n) is 2.14. The molecule has 0 spiro atoms. The highest BCUT2D eigenvalue weighted by atomic mass is 79.9. The predicted molar refractivity (Wildman–Crippen MR) is 71.8 cm³/mol. The number of halogens is 6. The Hall–Kier alpha value is -0.540. The lowest BCUT2D eigenvalue weighted by Gasteiger charge is -2.12. The Balaban J connectivity index is 2.77. The fraction of sp³-hybridized carbons (Fsp3) is 0.400. The summed E-state index contributed by atoms with van der Waals surface area (Å²) < 4.78 is 74.1. The average Bonchev–Trinajstić information content (AvgIpc) is 2.21. The summed E-state index contributed by atoms with van der Waals surface area (Å²) in [6.45, 7) is 0. The van der Waals surface area contributed by atoms with Crippen molar-refractivity contribution in [2.75, 3.05) is 10.5 Å². The average molecular weight is 399 g/mol. The number of sulfonamides is 1. The van der Waals surface area contributed by atoms with Crippen LogP contribution >= 0.6 is 27.5 Å². The van der Waals surface area contributed by atoms with Crippen molar-refractivity contribution in [2.45, 2.75) is 19.0 Å². The molecule has 1 aromatic carbocycles. The van der Waals surface area contributed by atoms with Crippen molar-refractivity contribution in [3.8, 4) is 0 Å². The fourth-order valence-electron chi connectivity index (χ4n) is 1.31. The maximum atomic E-state index is 13.0. The Morgan fingerprint density at radius 2 is 1.90 bits per heavy atom. The largest absolute Gasteiger partial charge is 0.389 e. The number of benzene rings is 1. The summed E-state index contributed by atoms with van der Waals surface area (Å²) >= 11 is 8.59. The van der Waals surface area contributed by atoms with E-state index >= 15 is 0 Å². The molecule has 3 nitrogen and oxygen atoms in total. The Bertz CT molecular complexity index is 568. The summed E-state index contributed by atoms with van der Waals surface area (Å²) in [5.41, 5.74) is -0.111. The van der Waals surface area contributed by atoms with Crippen molar-refractivity contribution in [3.63, 3.8) is 0 Å². The van der Waals surface area contributed by atoms with Crippen molar-refractivity contribution >= 4 is 43.2 Å². The van der Waals surface area contributed by atoms with Crippen LogP contribution in [-0.2, 0) is 10.0 Å². The van der Waals surface area contributed by atoms with Crippen molar-refractivity contribution in [2.24, 2.45) is 0 Å². The molecule has 0 fully saturated rings. The second-order valence-corrected chi connectivity index (χ2v) is 6.99. The normalized spacial score (nSPS) is 12.5. The van der Waals surface area contributed by atoms with Gasteiger partial charge in [-0.3, -0.25) is 4.72 Å². The van der Waals surface area contributed by atoms with Gasteiger partial charge in [0, 0.05) is 10.9 Å². The minimum absolute atomic E-state index is 0.0573. The number of rotatable bonds is 5. The highest BCUT2D eigenvalue weighted by molar-refractivity contribution is 9.10. The second kappa shape index (κ2) is 6.48. The van der Waals surface area contributed by atoms with Crippen LogP contribution in [0.15, 0.2) is 16.6 Å². The summed E-state index contributed by atoms with van der Waals surface area (Å²) in [4.78, 5) is 0. The zero-order chi connectivity index (χ0) is 15.6. The molecule has 0 amide bonds. The molecule has 0 aromatic heterocycles. The first-order valence-corrected chi connectivity index (χ1v) is 8.04. The lowest BCUT2D eigenvalue weighted by molar-refractivity contribution is -0.134. The SMILES string of the molecule is O=S(=O)(CCCC(F)(F)F)Nc1c(Cl)cc(F)cc1Br. The zero-order valence-electron chi connectivity index (χ0n) is 9.77. The first-order valence-electron chi connectivity index (χ1n) is 5.22. The second-order valence-electron chi connectivity index (χ2n) is 3.88. The summed E-state index contributed by atoms with van der Waals surface area (Å²) in [6.07, 6.45) is -6.19. The zero-order valence-corrected chi connectivity index (χ0v) is 12.9. The van der Waals surface area contributed by atoms with Crippen LogP contribution in [0.25, 0.3) is 0 Å². The monoisotopic (exact) mass is 397 g/mol. The molecule has 0 unspecified atom stereocenters. The summed E-state index contributed by atoms with van der Waals surface area (Å²) in [6, 6.07) is 1.87. The molecule has 0 bridgehead atoms. The van der Waals surface area contributed by atoms with Crippen LogP contribution in [0.4, 0.5) is 23.2 Å². The van der Waals surface area contributed by atoms with Crippen LogP contribution in [0.2, 0.25) is 5.02 Å². The predicted octanol–water partition coefficient (Wildman–Crippen LogP) is 4.33. The van der Waals surface area contributed by atoms with Gasteiger partial charge in [-0.1, -0.05) is 11.6 Å². The first kappa shape index (κ1) is 17.5. The van der Waals surface area contributed by atoms with E-state index in [4.69, 9.17) is 11.6 Å². The van der Waals surface area contributed by atoms with E-state index in [1.165, 1.54) is 0 Å². The molecule has 0 aliphatic carbocycles. The standard InChI is InChI=1S/C10H9BrClF4NO2S/c11-7-4-6(13)5-8(12)9(7)17-20(18,19)3-1-2-10(14,15)16/h4-5,17H,1-3H2. The molecular formula is C10H9BrClF4NO2S. The van der Waals surface area contributed by atoms with Gasteiger partial charge in [0.15, 0.2) is 0 Å². The Labute approximate surface area is 126 Å². The Morgan fingerprint density at radius 1 is 1.30 bits per heavy atom. The van der Waals surface area contributed by atoms with Crippen LogP contribution in [0.3, 0.4) is 0 Å². The minimum Gasteiger partial charge on any atom is -0.281 e. The van der Waals surface area contributed by atoms with E-state index in [1.54, 1.807) is 0 Å². The van der Waals surface area contributed by atoms with Gasteiger partial charge in [0.1, 0.15) is 5.82 Å². The van der Waals surface area contributed by atoms with Crippen LogP contribution in [0.1, 0.15) is 12.8 Å². The molecule has 114 valence electrons. The summed E-state index contributed by atoms with van der Waals surface area (Å²) in [5.74, 6) is -1.39. The fourth-order valence-corrected chi connectivity index (χ4v) is 3.55.